The van der Waals surface area contributed by atoms with Crippen LogP contribution in [0.4, 0.5) is 0 Å². The summed E-state index contributed by atoms with van der Waals surface area (Å²) < 4.78 is 10.2. The zero-order valence-electron chi connectivity index (χ0n) is 10.2. The predicted octanol–water partition coefficient (Wildman–Crippen LogP) is 2.74. The van der Waals surface area contributed by atoms with Gasteiger partial charge in [0, 0.05) is 6.42 Å². The van der Waals surface area contributed by atoms with Gasteiger partial charge < -0.3 is 9.47 Å². The summed E-state index contributed by atoms with van der Waals surface area (Å²) in [5.41, 5.74) is 1.87. The van der Waals surface area contributed by atoms with Crippen molar-refractivity contribution in [2.75, 3.05) is 14.2 Å². The normalized spacial score (nSPS) is 10.2. The summed E-state index contributed by atoms with van der Waals surface area (Å²) in [5.74, 6) is 0.440. The van der Waals surface area contributed by atoms with E-state index in [0.717, 1.165) is 11.1 Å². The van der Waals surface area contributed by atoms with E-state index in [2.05, 4.69) is 9.97 Å². The second-order valence-electron chi connectivity index (χ2n) is 3.65. The molecule has 0 aliphatic carbocycles. The van der Waals surface area contributed by atoms with Gasteiger partial charge in [0.1, 0.15) is 5.15 Å². The molecular formula is C13H13ClN2O2. The van der Waals surface area contributed by atoms with Crippen LogP contribution in [-0.4, -0.2) is 24.2 Å². The number of rotatable bonds is 4. The minimum absolute atomic E-state index is 0.202. The second kappa shape index (κ2) is 5.69. The van der Waals surface area contributed by atoms with Gasteiger partial charge in [0.2, 0.25) is 5.88 Å². The number of ether oxygens (including phenoxy) is 2. The molecule has 0 aliphatic heterocycles. The van der Waals surface area contributed by atoms with Crippen molar-refractivity contribution in [3.05, 3.63) is 46.6 Å². The van der Waals surface area contributed by atoms with Crippen molar-refractivity contribution in [1.29, 1.82) is 0 Å². The van der Waals surface area contributed by atoms with E-state index in [1.807, 2.05) is 30.3 Å². The van der Waals surface area contributed by atoms with E-state index in [-0.39, 0.29) is 6.01 Å². The molecule has 0 unspecified atom stereocenters. The van der Waals surface area contributed by atoms with Crippen LogP contribution in [0.1, 0.15) is 11.1 Å². The quantitative estimate of drug-likeness (QED) is 0.797. The molecule has 0 amide bonds. The number of halogens is 1. The molecular weight excluding hydrogens is 252 g/mol. The summed E-state index contributed by atoms with van der Waals surface area (Å²) >= 11 is 6.13. The average molecular weight is 265 g/mol. The van der Waals surface area contributed by atoms with E-state index in [1.165, 1.54) is 7.11 Å². The topological polar surface area (TPSA) is 44.2 Å². The molecule has 0 saturated heterocycles. The van der Waals surface area contributed by atoms with Gasteiger partial charge in [-0.25, -0.2) is 0 Å². The first kappa shape index (κ1) is 12.6. The van der Waals surface area contributed by atoms with Gasteiger partial charge in [-0.05, 0) is 5.56 Å². The monoisotopic (exact) mass is 264 g/mol. The lowest BCUT2D eigenvalue weighted by atomic mass is 10.1. The third-order valence-corrected chi connectivity index (χ3v) is 2.81. The van der Waals surface area contributed by atoms with Gasteiger partial charge >= 0.3 is 6.01 Å². The molecule has 94 valence electrons. The maximum atomic E-state index is 6.13. The summed E-state index contributed by atoms with van der Waals surface area (Å²) in [5, 5.41) is 0.350. The minimum atomic E-state index is 0.202. The molecule has 0 radical (unpaired) electrons. The number of benzene rings is 1. The van der Waals surface area contributed by atoms with Gasteiger partial charge in [0.15, 0.2) is 0 Å². The van der Waals surface area contributed by atoms with Crippen molar-refractivity contribution < 1.29 is 9.47 Å². The summed E-state index contributed by atoms with van der Waals surface area (Å²) in [4.78, 5) is 8.18. The fourth-order valence-corrected chi connectivity index (χ4v) is 1.85. The lowest BCUT2D eigenvalue weighted by Gasteiger charge is -2.10. The van der Waals surface area contributed by atoms with Crippen LogP contribution >= 0.6 is 11.6 Å². The molecule has 1 aromatic carbocycles. The van der Waals surface area contributed by atoms with Crippen molar-refractivity contribution in [1.82, 2.24) is 9.97 Å². The number of nitrogens with zero attached hydrogens (tertiary/aromatic N) is 2. The highest BCUT2D eigenvalue weighted by atomic mass is 35.5. The number of hydrogen-bond donors (Lipinski definition) is 0. The molecule has 2 rings (SSSR count). The molecule has 4 nitrogen and oxygen atoms in total. The molecule has 5 heteroatoms. The highest BCUT2D eigenvalue weighted by molar-refractivity contribution is 6.30. The van der Waals surface area contributed by atoms with Gasteiger partial charge in [0.05, 0.1) is 19.8 Å². The van der Waals surface area contributed by atoms with E-state index in [4.69, 9.17) is 21.1 Å². The van der Waals surface area contributed by atoms with Crippen LogP contribution in [0.25, 0.3) is 0 Å². The standard InChI is InChI=1S/C13H13ClN2O2/c1-17-12-10(8-9-6-4-3-5-7-9)11(14)15-13(16-12)18-2/h3-7H,8H2,1-2H3. The highest BCUT2D eigenvalue weighted by Crippen LogP contribution is 2.27. The molecule has 1 aromatic heterocycles. The van der Waals surface area contributed by atoms with Crippen molar-refractivity contribution in [2.24, 2.45) is 0 Å². The fraction of sp³-hybridized carbons (Fsp3) is 0.231. The Hall–Kier alpha value is -1.81. The maximum absolute atomic E-state index is 6.13. The Bertz CT molecular complexity index is 532. The van der Waals surface area contributed by atoms with E-state index in [0.29, 0.717) is 17.5 Å². The number of hydrogen-bond acceptors (Lipinski definition) is 4. The lowest BCUT2D eigenvalue weighted by molar-refractivity contribution is 0.349. The highest BCUT2D eigenvalue weighted by Gasteiger charge is 2.14. The lowest BCUT2D eigenvalue weighted by Crippen LogP contribution is -2.02. The Kier molecular flexibility index (Phi) is 3.99. The molecule has 0 saturated carbocycles. The Morgan fingerprint density at radius 2 is 1.78 bits per heavy atom. The first-order chi connectivity index (χ1) is 8.74. The van der Waals surface area contributed by atoms with Crippen LogP contribution in [0.5, 0.6) is 11.9 Å². The van der Waals surface area contributed by atoms with E-state index in [1.54, 1.807) is 7.11 Å². The third kappa shape index (κ3) is 2.71. The van der Waals surface area contributed by atoms with Gasteiger partial charge in [-0.15, -0.1) is 0 Å². The Morgan fingerprint density at radius 1 is 1.06 bits per heavy atom. The smallest absolute Gasteiger partial charge is 0.320 e. The molecule has 0 bridgehead atoms. The molecule has 0 spiro atoms. The number of methoxy groups -OCH3 is 2. The van der Waals surface area contributed by atoms with Crippen LogP contribution in [0, 0.1) is 0 Å². The van der Waals surface area contributed by atoms with Crippen molar-refractivity contribution >= 4 is 11.6 Å². The predicted molar refractivity (Wildman–Crippen MR) is 69.4 cm³/mol. The van der Waals surface area contributed by atoms with E-state index < -0.39 is 0 Å². The van der Waals surface area contributed by atoms with Crippen LogP contribution in [0.3, 0.4) is 0 Å². The minimum Gasteiger partial charge on any atom is -0.481 e. The first-order valence-corrected chi connectivity index (χ1v) is 5.80. The fourth-order valence-electron chi connectivity index (χ4n) is 1.63. The van der Waals surface area contributed by atoms with Crippen LogP contribution in [0.15, 0.2) is 30.3 Å². The Balaban J connectivity index is 2.38. The molecule has 1 heterocycles. The molecule has 2 aromatic rings. The van der Waals surface area contributed by atoms with Gasteiger partial charge in [-0.2, -0.15) is 9.97 Å². The van der Waals surface area contributed by atoms with Gasteiger partial charge in [-0.3, -0.25) is 0 Å². The third-order valence-electron chi connectivity index (χ3n) is 2.50. The summed E-state index contributed by atoms with van der Waals surface area (Å²) in [7, 11) is 3.04. The second-order valence-corrected chi connectivity index (χ2v) is 4.01. The number of aromatic nitrogens is 2. The summed E-state index contributed by atoms with van der Waals surface area (Å²) in [6, 6.07) is 10.1. The first-order valence-electron chi connectivity index (χ1n) is 5.43. The zero-order chi connectivity index (χ0) is 13.0. The molecule has 18 heavy (non-hydrogen) atoms. The molecule has 0 fully saturated rings. The molecule has 0 atom stereocenters. The zero-order valence-corrected chi connectivity index (χ0v) is 10.9. The van der Waals surface area contributed by atoms with E-state index >= 15 is 0 Å². The summed E-state index contributed by atoms with van der Waals surface area (Å²) in [6.45, 7) is 0. The molecule has 0 N–H and O–H groups in total. The molecule has 0 aliphatic rings. The summed E-state index contributed by atoms with van der Waals surface area (Å²) in [6.07, 6.45) is 0.618. The average Bonchev–Trinajstić information content (AvgIpc) is 2.42. The van der Waals surface area contributed by atoms with Crippen molar-refractivity contribution in [3.8, 4) is 11.9 Å². The van der Waals surface area contributed by atoms with Crippen molar-refractivity contribution in [3.63, 3.8) is 0 Å². The van der Waals surface area contributed by atoms with Crippen LogP contribution in [0.2, 0.25) is 5.15 Å². The van der Waals surface area contributed by atoms with Crippen LogP contribution in [-0.2, 0) is 6.42 Å². The Labute approximate surface area is 111 Å². The largest absolute Gasteiger partial charge is 0.481 e. The van der Waals surface area contributed by atoms with Crippen molar-refractivity contribution in [2.45, 2.75) is 6.42 Å². The van der Waals surface area contributed by atoms with Gasteiger partial charge in [-0.1, -0.05) is 41.9 Å². The van der Waals surface area contributed by atoms with E-state index in [9.17, 15) is 0 Å². The maximum Gasteiger partial charge on any atom is 0.320 e. The SMILES string of the molecule is COc1nc(Cl)c(Cc2ccccc2)c(OC)n1. The van der Waals surface area contributed by atoms with Crippen LogP contribution < -0.4 is 9.47 Å². The Morgan fingerprint density at radius 3 is 2.39 bits per heavy atom. The van der Waals surface area contributed by atoms with Gasteiger partial charge in [0.25, 0.3) is 0 Å².